The third-order valence-corrected chi connectivity index (χ3v) is 3.22. The van der Waals surface area contributed by atoms with Crippen molar-refractivity contribution in [3.8, 4) is 0 Å². The summed E-state index contributed by atoms with van der Waals surface area (Å²) in [4.78, 5) is -0.502. The molecule has 17 heavy (non-hydrogen) atoms. The molecule has 2 N–H and O–H groups in total. The molecule has 1 rings (SSSR count). The third-order valence-electron chi connectivity index (χ3n) is 2.32. The number of primary sulfonamides is 1. The molecule has 0 atom stereocenters. The van der Waals surface area contributed by atoms with Crippen molar-refractivity contribution in [2.45, 2.75) is 24.7 Å². The zero-order chi connectivity index (χ0) is 13.4. The highest BCUT2D eigenvalue weighted by Gasteiger charge is 2.27. The summed E-state index contributed by atoms with van der Waals surface area (Å²) >= 11 is 0. The molecule has 0 heterocycles. The molecule has 3 nitrogen and oxygen atoms in total. The number of hydrogen-bond donors (Lipinski definition) is 1. The van der Waals surface area contributed by atoms with E-state index in [0.717, 1.165) is 6.07 Å². The molecule has 0 fully saturated rings. The predicted molar refractivity (Wildman–Crippen MR) is 60.6 cm³/mol. The van der Waals surface area contributed by atoms with Crippen LogP contribution in [0.1, 0.15) is 25.3 Å². The van der Waals surface area contributed by atoms with Gasteiger partial charge in [0, 0.05) is 0 Å². The molecule has 8 heteroatoms. The fourth-order valence-corrected chi connectivity index (χ4v) is 1.93. The second kappa shape index (κ2) is 4.34. The number of hydrogen-bond acceptors (Lipinski definition) is 2. The fraction of sp³-hybridized carbons (Fsp3) is 0.333. The second-order valence-electron chi connectivity index (χ2n) is 4.11. The summed E-state index contributed by atoms with van der Waals surface area (Å²) in [6.45, 7) is -1.89. The zero-order valence-corrected chi connectivity index (χ0v) is 10.1. The van der Waals surface area contributed by atoms with Crippen LogP contribution in [-0.4, -0.2) is 15.4 Å². The van der Waals surface area contributed by atoms with Gasteiger partial charge in [-0.05, 0) is 17.5 Å². The lowest BCUT2D eigenvalue weighted by Crippen LogP contribution is -2.35. The first-order chi connectivity index (χ1) is 7.51. The molecule has 1 aromatic carbocycles. The maximum Gasteiger partial charge on any atom is 0.509 e. The summed E-state index contributed by atoms with van der Waals surface area (Å²) in [5.74, 6) is -0.214. The van der Waals surface area contributed by atoms with Crippen molar-refractivity contribution in [3.63, 3.8) is 0 Å². The van der Waals surface area contributed by atoms with Crippen LogP contribution in [0.3, 0.4) is 0 Å². The van der Waals surface area contributed by atoms with Gasteiger partial charge in [0.25, 0.3) is 0 Å². The highest BCUT2D eigenvalue weighted by atomic mass is 32.2. The molecule has 0 spiro atoms. The Balaban J connectivity index is 3.51. The van der Waals surface area contributed by atoms with Crippen LogP contribution >= 0.6 is 0 Å². The normalized spacial score (nSPS) is 13.1. The summed E-state index contributed by atoms with van der Waals surface area (Å²) in [5.41, 5.74) is -0.647. The molecule has 0 bridgehead atoms. The van der Waals surface area contributed by atoms with Gasteiger partial charge in [-0.3, -0.25) is 0 Å². The molecule has 0 aliphatic carbocycles. The minimum absolute atomic E-state index is 0.214. The van der Waals surface area contributed by atoms with Gasteiger partial charge in [0.05, 0.1) is 4.90 Å². The van der Waals surface area contributed by atoms with Crippen LogP contribution in [0.2, 0.25) is 0 Å². The number of rotatable bonds is 3. The van der Waals surface area contributed by atoms with Crippen LogP contribution in [0, 0.1) is 0 Å². The van der Waals surface area contributed by atoms with E-state index in [4.69, 9.17) is 5.14 Å². The van der Waals surface area contributed by atoms with Crippen molar-refractivity contribution >= 4 is 22.5 Å². The highest BCUT2D eigenvalue weighted by molar-refractivity contribution is 7.89. The minimum Gasteiger partial charge on any atom is -0.445 e. The lowest BCUT2D eigenvalue weighted by Gasteiger charge is -2.18. The summed E-state index contributed by atoms with van der Waals surface area (Å²) in [6, 6.07) is 2.70. The number of benzene rings is 1. The van der Waals surface area contributed by atoms with E-state index in [-0.39, 0.29) is 5.92 Å². The Bertz CT molecular complexity index is 526. The van der Waals surface area contributed by atoms with Crippen molar-refractivity contribution < 1.29 is 21.4 Å². The highest BCUT2D eigenvalue weighted by Crippen LogP contribution is 2.20. The van der Waals surface area contributed by atoms with E-state index in [2.05, 4.69) is 0 Å². The van der Waals surface area contributed by atoms with E-state index in [9.17, 15) is 21.4 Å². The molecule has 0 saturated heterocycles. The molecule has 1 aromatic rings. The first-order valence-corrected chi connectivity index (χ1v) is 6.44. The molecule has 0 aromatic heterocycles. The van der Waals surface area contributed by atoms with Crippen LogP contribution in [0.5, 0.6) is 0 Å². The first-order valence-electron chi connectivity index (χ1n) is 4.89. The average Bonchev–Trinajstić information content (AvgIpc) is 2.14. The predicted octanol–water partition coefficient (Wildman–Crippen LogP) is 1.51. The summed E-state index contributed by atoms with van der Waals surface area (Å²) in [5, 5.41) is 4.85. The standard InChI is InChI=1S/C9H12BF3NO2S/c1-6(2)7-3-8(10(11,12)13)5-9(4-7)17(14,15)16/h3-6H,1-2H3,(H2,14,15,16)/q-1. The van der Waals surface area contributed by atoms with Crippen molar-refractivity contribution in [3.05, 3.63) is 23.8 Å². The molecule has 0 unspecified atom stereocenters. The van der Waals surface area contributed by atoms with Gasteiger partial charge in [-0.25, -0.2) is 13.6 Å². The molecular formula is C9H12BF3NO2S-. The number of nitrogens with two attached hydrogens (primary N) is 1. The monoisotopic (exact) mass is 266 g/mol. The van der Waals surface area contributed by atoms with Crippen LogP contribution in [0.4, 0.5) is 12.9 Å². The topological polar surface area (TPSA) is 60.2 Å². The van der Waals surface area contributed by atoms with E-state index in [0.29, 0.717) is 11.6 Å². The Morgan fingerprint density at radius 2 is 1.71 bits per heavy atom. The minimum atomic E-state index is -5.24. The SMILES string of the molecule is CC(C)c1cc([B-](F)(F)F)cc(S(N)(=O)=O)c1. The quantitative estimate of drug-likeness (QED) is 0.843. The Morgan fingerprint density at radius 3 is 2.06 bits per heavy atom. The van der Waals surface area contributed by atoms with Crippen LogP contribution in [-0.2, 0) is 10.0 Å². The lowest BCUT2D eigenvalue weighted by atomic mass is 9.78. The van der Waals surface area contributed by atoms with Crippen molar-refractivity contribution in [1.29, 1.82) is 0 Å². The molecule has 0 aliphatic heterocycles. The number of halogens is 3. The Kier molecular flexibility index (Phi) is 3.59. The second-order valence-corrected chi connectivity index (χ2v) is 5.67. The van der Waals surface area contributed by atoms with E-state index >= 15 is 0 Å². The molecule has 0 aliphatic rings. The Hall–Kier alpha value is -1.02. The first kappa shape index (κ1) is 14.0. The fourth-order valence-electron chi connectivity index (χ4n) is 1.33. The van der Waals surface area contributed by atoms with Crippen LogP contribution in [0.25, 0.3) is 0 Å². The van der Waals surface area contributed by atoms with Gasteiger partial charge in [-0.2, -0.15) is 0 Å². The molecule has 0 radical (unpaired) electrons. The van der Waals surface area contributed by atoms with Gasteiger partial charge in [-0.15, -0.1) is 5.46 Å². The van der Waals surface area contributed by atoms with E-state index in [1.54, 1.807) is 13.8 Å². The largest absolute Gasteiger partial charge is 0.509 e. The third kappa shape index (κ3) is 3.47. The molecule has 96 valence electrons. The van der Waals surface area contributed by atoms with Crippen molar-refractivity contribution in [1.82, 2.24) is 0 Å². The van der Waals surface area contributed by atoms with Gasteiger partial charge in [0.15, 0.2) is 0 Å². The Labute approximate surface area is 97.9 Å². The van der Waals surface area contributed by atoms with E-state index in [1.807, 2.05) is 0 Å². The van der Waals surface area contributed by atoms with E-state index < -0.39 is 27.4 Å². The van der Waals surface area contributed by atoms with Crippen molar-refractivity contribution in [2.75, 3.05) is 0 Å². The smallest absolute Gasteiger partial charge is 0.445 e. The van der Waals surface area contributed by atoms with Crippen LogP contribution < -0.4 is 10.6 Å². The molecule has 0 amide bonds. The summed E-state index contributed by atoms with van der Waals surface area (Å²) in [7, 11) is -4.13. The lowest BCUT2D eigenvalue weighted by molar-refractivity contribution is 0.500. The van der Waals surface area contributed by atoms with Crippen molar-refractivity contribution in [2.24, 2.45) is 5.14 Å². The maximum atomic E-state index is 12.6. The summed E-state index contributed by atoms with van der Waals surface area (Å²) < 4.78 is 60.1. The van der Waals surface area contributed by atoms with Gasteiger partial charge < -0.3 is 12.9 Å². The van der Waals surface area contributed by atoms with E-state index in [1.165, 1.54) is 6.07 Å². The Morgan fingerprint density at radius 1 is 1.18 bits per heavy atom. The maximum absolute atomic E-state index is 12.6. The van der Waals surface area contributed by atoms with Gasteiger partial charge in [0.1, 0.15) is 0 Å². The molecule has 0 saturated carbocycles. The average molecular weight is 266 g/mol. The zero-order valence-electron chi connectivity index (χ0n) is 9.32. The summed E-state index contributed by atoms with van der Waals surface area (Å²) in [6.07, 6.45) is 0. The molecular weight excluding hydrogens is 254 g/mol. The van der Waals surface area contributed by atoms with Gasteiger partial charge in [-0.1, -0.05) is 26.0 Å². The van der Waals surface area contributed by atoms with Gasteiger partial charge >= 0.3 is 6.98 Å². The van der Waals surface area contributed by atoms with Crippen LogP contribution in [0.15, 0.2) is 23.1 Å². The number of sulfonamides is 1. The van der Waals surface area contributed by atoms with Gasteiger partial charge in [0.2, 0.25) is 10.0 Å².